The zero-order valence-electron chi connectivity index (χ0n) is 13.1. The number of amides is 1. The lowest BCUT2D eigenvalue weighted by molar-refractivity contribution is 0.0947. The van der Waals surface area contributed by atoms with Crippen molar-refractivity contribution in [2.45, 2.75) is 6.54 Å². The molecule has 7 nitrogen and oxygen atoms in total. The van der Waals surface area contributed by atoms with Gasteiger partial charge in [-0.3, -0.25) is 4.79 Å². The van der Waals surface area contributed by atoms with Crippen molar-refractivity contribution in [2.75, 3.05) is 12.8 Å². The average molecular weight is 323 g/mol. The SMILES string of the molecule is COc1ccccc1-n1nnc(C(=O)NCc2ccccc2)c1N. The van der Waals surface area contributed by atoms with E-state index in [1.165, 1.54) is 4.68 Å². The van der Waals surface area contributed by atoms with Crippen molar-refractivity contribution < 1.29 is 9.53 Å². The molecule has 122 valence electrons. The van der Waals surface area contributed by atoms with E-state index in [1.807, 2.05) is 42.5 Å². The Morgan fingerprint density at radius 2 is 1.88 bits per heavy atom. The highest BCUT2D eigenvalue weighted by atomic mass is 16.5. The number of benzene rings is 2. The molecule has 0 unspecified atom stereocenters. The third-order valence-electron chi connectivity index (χ3n) is 3.53. The standard InChI is InChI=1S/C17H17N5O2/c1-24-14-10-6-5-9-13(14)22-16(18)15(20-21-22)17(23)19-11-12-7-3-2-4-8-12/h2-10H,11,18H2,1H3,(H,19,23). The van der Waals surface area contributed by atoms with Gasteiger partial charge >= 0.3 is 0 Å². The van der Waals surface area contributed by atoms with Crippen molar-refractivity contribution in [1.82, 2.24) is 20.3 Å². The Hall–Kier alpha value is -3.35. The number of nitrogens with one attached hydrogen (secondary N) is 1. The number of carbonyl (C=O) groups is 1. The summed E-state index contributed by atoms with van der Waals surface area (Å²) < 4.78 is 6.67. The summed E-state index contributed by atoms with van der Waals surface area (Å²) in [6, 6.07) is 16.8. The quantitative estimate of drug-likeness (QED) is 0.746. The molecule has 24 heavy (non-hydrogen) atoms. The van der Waals surface area contributed by atoms with Crippen molar-refractivity contribution in [3.63, 3.8) is 0 Å². The topological polar surface area (TPSA) is 95.1 Å². The van der Waals surface area contributed by atoms with E-state index in [1.54, 1.807) is 19.2 Å². The highest BCUT2D eigenvalue weighted by molar-refractivity contribution is 5.96. The molecule has 3 rings (SSSR count). The second-order valence-electron chi connectivity index (χ2n) is 5.08. The van der Waals surface area contributed by atoms with Crippen molar-refractivity contribution in [1.29, 1.82) is 0 Å². The van der Waals surface area contributed by atoms with Crippen LogP contribution in [0.4, 0.5) is 5.82 Å². The number of carbonyl (C=O) groups excluding carboxylic acids is 1. The molecular weight excluding hydrogens is 306 g/mol. The predicted molar refractivity (Wildman–Crippen MR) is 89.9 cm³/mol. The van der Waals surface area contributed by atoms with E-state index in [0.717, 1.165) is 5.56 Å². The maximum Gasteiger partial charge on any atom is 0.275 e. The molecule has 0 bridgehead atoms. The van der Waals surface area contributed by atoms with Crippen LogP contribution in [0, 0.1) is 0 Å². The summed E-state index contributed by atoms with van der Waals surface area (Å²) in [6.45, 7) is 0.390. The van der Waals surface area contributed by atoms with Crippen molar-refractivity contribution >= 4 is 11.7 Å². The number of nitrogens with zero attached hydrogens (tertiary/aromatic N) is 3. The number of ether oxygens (including phenoxy) is 1. The highest BCUT2D eigenvalue weighted by Crippen LogP contribution is 2.24. The molecular formula is C17H17N5O2. The van der Waals surface area contributed by atoms with E-state index < -0.39 is 0 Å². The Balaban J connectivity index is 1.81. The van der Waals surface area contributed by atoms with Crippen molar-refractivity contribution in [3.05, 3.63) is 65.9 Å². The molecule has 0 saturated carbocycles. The fourth-order valence-corrected chi connectivity index (χ4v) is 2.30. The first-order valence-electron chi connectivity index (χ1n) is 7.37. The molecule has 0 aliphatic rings. The van der Waals surface area contributed by atoms with Gasteiger partial charge in [-0.05, 0) is 17.7 Å². The maximum atomic E-state index is 12.3. The Kier molecular flexibility index (Phi) is 4.42. The van der Waals surface area contributed by atoms with Gasteiger partial charge in [0.2, 0.25) is 0 Å². The summed E-state index contributed by atoms with van der Waals surface area (Å²) >= 11 is 0. The minimum Gasteiger partial charge on any atom is -0.494 e. The Bertz CT molecular complexity index is 845. The number of rotatable bonds is 5. The fourth-order valence-electron chi connectivity index (χ4n) is 2.30. The van der Waals surface area contributed by atoms with Gasteiger partial charge in [0.15, 0.2) is 11.5 Å². The normalized spacial score (nSPS) is 10.4. The maximum absolute atomic E-state index is 12.3. The summed E-state index contributed by atoms with van der Waals surface area (Å²) in [6.07, 6.45) is 0. The van der Waals surface area contributed by atoms with Gasteiger partial charge in [0, 0.05) is 6.54 Å². The summed E-state index contributed by atoms with van der Waals surface area (Å²) in [5, 5.41) is 10.7. The first-order valence-corrected chi connectivity index (χ1v) is 7.37. The molecule has 0 spiro atoms. The summed E-state index contributed by atoms with van der Waals surface area (Å²) in [5.41, 5.74) is 7.74. The number of hydrogen-bond donors (Lipinski definition) is 2. The summed E-state index contributed by atoms with van der Waals surface area (Å²) in [5.74, 6) is 0.368. The lowest BCUT2D eigenvalue weighted by Gasteiger charge is -2.08. The molecule has 0 aliphatic heterocycles. The molecule has 1 amide bonds. The number of nitrogen functional groups attached to an aromatic ring is 1. The van der Waals surface area contributed by atoms with Crippen LogP contribution in [0.15, 0.2) is 54.6 Å². The number of para-hydroxylation sites is 2. The monoisotopic (exact) mass is 323 g/mol. The minimum atomic E-state index is -0.377. The van der Waals surface area contributed by atoms with E-state index >= 15 is 0 Å². The smallest absolute Gasteiger partial charge is 0.275 e. The van der Waals surface area contributed by atoms with Gasteiger partial charge in [0.25, 0.3) is 5.91 Å². The van der Waals surface area contributed by atoms with Crippen LogP contribution in [0.5, 0.6) is 5.75 Å². The summed E-state index contributed by atoms with van der Waals surface area (Å²) in [7, 11) is 1.55. The largest absolute Gasteiger partial charge is 0.494 e. The van der Waals surface area contributed by atoms with Crippen LogP contribution in [-0.4, -0.2) is 28.0 Å². The van der Waals surface area contributed by atoms with Gasteiger partial charge in [-0.25, -0.2) is 0 Å². The van der Waals surface area contributed by atoms with Crippen LogP contribution in [0.3, 0.4) is 0 Å². The third-order valence-corrected chi connectivity index (χ3v) is 3.53. The number of aromatic nitrogens is 3. The van der Waals surface area contributed by atoms with E-state index in [9.17, 15) is 4.79 Å². The van der Waals surface area contributed by atoms with Gasteiger partial charge in [-0.15, -0.1) is 5.10 Å². The first kappa shape index (κ1) is 15.5. The molecule has 2 aromatic carbocycles. The first-order chi connectivity index (χ1) is 11.7. The van der Waals surface area contributed by atoms with E-state index in [0.29, 0.717) is 18.0 Å². The van der Waals surface area contributed by atoms with Crippen LogP contribution in [0.25, 0.3) is 5.69 Å². The van der Waals surface area contributed by atoms with Crippen LogP contribution in [0.1, 0.15) is 16.1 Å². The molecule has 0 fully saturated rings. The predicted octanol–water partition coefficient (Wildman–Crippen LogP) is 1.79. The molecule has 3 N–H and O–H groups in total. The Labute approximate surface area is 139 Å². The van der Waals surface area contributed by atoms with E-state index in [-0.39, 0.29) is 17.4 Å². The molecule has 1 heterocycles. The third kappa shape index (κ3) is 3.05. The molecule has 0 aliphatic carbocycles. The lowest BCUT2D eigenvalue weighted by atomic mass is 10.2. The molecule has 7 heteroatoms. The number of hydrogen-bond acceptors (Lipinski definition) is 5. The van der Waals surface area contributed by atoms with Crippen LogP contribution in [-0.2, 0) is 6.54 Å². The molecule has 3 aromatic rings. The Morgan fingerprint density at radius 3 is 2.62 bits per heavy atom. The molecule has 1 aromatic heterocycles. The average Bonchev–Trinajstić information content (AvgIpc) is 3.02. The van der Waals surface area contributed by atoms with Gasteiger partial charge in [0.1, 0.15) is 11.4 Å². The second kappa shape index (κ2) is 6.82. The van der Waals surface area contributed by atoms with Crippen LogP contribution < -0.4 is 15.8 Å². The van der Waals surface area contributed by atoms with Gasteiger partial charge < -0.3 is 15.8 Å². The van der Waals surface area contributed by atoms with Crippen LogP contribution >= 0.6 is 0 Å². The van der Waals surface area contributed by atoms with Gasteiger partial charge in [0.05, 0.1) is 7.11 Å². The highest BCUT2D eigenvalue weighted by Gasteiger charge is 2.19. The molecule has 0 radical (unpaired) electrons. The zero-order valence-corrected chi connectivity index (χ0v) is 13.1. The van der Waals surface area contributed by atoms with E-state index in [2.05, 4.69) is 15.6 Å². The van der Waals surface area contributed by atoms with Crippen molar-refractivity contribution in [2.24, 2.45) is 0 Å². The number of nitrogens with two attached hydrogens (primary N) is 1. The van der Waals surface area contributed by atoms with Crippen molar-refractivity contribution in [3.8, 4) is 11.4 Å². The number of anilines is 1. The molecule has 0 saturated heterocycles. The molecule has 0 atom stereocenters. The van der Waals surface area contributed by atoms with E-state index in [4.69, 9.17) is 10.5 Å². The lowest BCUT2D eigenvalue weighted by Crippen LogP contribution is -2.24. The Morgan fingerprint density at radius 1 is 1.17 bits per heavy atom. The zero-order chi connectivity index (χ0) is 16.9. The van der Waals surface area contributed by atoms with Crippen LogP contribution in [0.2, 0.25) is 0 Å². The van der Waals surface area contributed by atoms with Gasteiger partial charge in [-0.2, -0.15) is 4.68 Å². The minimum absolute atomic E-state index is 0.0804. The van der Waals surface area contributed by atoms with Gasteiger partial charge in [-0.1, -0.05) is 47.7 Å². The number of methoxy groups -OCH3 is 1. The second-order valence-corrected chi connectivity index (χ2v) is 5.08. The summed E-state index contributed by atoms with van der Waals surface area (Å²) in [4.78, 5) is 12.3. The fraction of sp³-hybridized carbons (Fsp3) is 0.118.